The average molecular weight is 477 g/mol. The van der Waals surface area contributed by atoms with Gasteiger partial charge in [-0.05, 0) is 51.4 Å². The van der Waals surface area contributed by atoms with E-state index in [-0.39, 0.29) is 29.3 Å². The largest absolute Gasteiger partial charge is 0.385 e. The van der Waals surface area contributed by atoms with Crippen molar-refractivity contribution < 1.29 is 24.0 Å². The number of hydrogen-bond acceptors (Lipinski definition) is 7. The Bertz CT molecular complexity index is 930. The van der Waals surface area contributed by atoms with E-state index in [1.165, 1.54) is 0 Å². The molecule has 0 aromatic rings. The highest BCUT2D eigenvalue weighted by molar-refractivity contribution is 6.29. The number of carbonyl (C=O) groups excluding carboxylic acids is 5. The standard InChI is InChI=1S/C23H36N6O5/c1-5-6-11-28-17(30)15(16(24)25)18(31)29(21(28)34)14-7-9-23(4,10-8-14)13-27-12-22(2,3)19(32)26-20(27)33/h14H,5-13,24-25H2,1-4H3,(H,26,32,33). The van der Waals surface area contributed by atoms with Crippen molar-refractivity contribution in [2.24, 2.45) is 22.3 Å². The molecule has 3 aliphatic rings. The van der Waals surface area contributed by atoms with Crippen LogP contribution >= 0.6 is 0 Å². The second-order valence-electron chi connectivity index (χ2n) is 10.6. The van der Waals surface area contributed by atoms with E-state index in [1.807, 2.05) is 6.92 Å². The molecule has 2 aliphatic heterocycles. The summed E-state index contributed by atoms with van der Waals surface area (Å²) in [7, 11) is 0. The molecule has 0 atom stereocenters. The van der Waals surface area contributed by atoms with E-state index in [0.717, 1.165) is 16.2 Å². The number of nitrogens with two attached hydrogens (primary N) is 2. The van der Waals surface area contributed by atoms with Gasteiger partial charge in [-0.1, -0.05) is 20.3 Å². The monoisotopic (exact) mass is 476 g/mol. The number of nitrogens with one attached hydrogen (secondary N) is 1. The fraction of sp³-hybridized carbons (Fsp3) is 0.696. The van der Waals surface area contributed by atoms with Crippen molar-refractivity contribution in [2.75, 3.05) is 19.6 Å². The highest BCUT2D eigenvalue weighted by Gasteiger charge is 2.48. The van der Waals surface area contributed by atoms with Crippen LogP contribution in [-0.2, 0) is 14.4 Å². The molecule has 2 saturated heterocycles. The van der Waals surface area contributed by atoms with Crippen molar-refractivity contribution in [2.45, 2.75) is 72.3 Å². The Morgan fingerprint density at radius 1 is 1.03 bits per heavy atom. The maximum Gasteiger partial charge on any atom is 0.334 e. The molecule has 0 radical (unpaired) electrons. The fourth-order valence-corrected chi connectivity index (χ4v) is 5.00. The molecule has 2 heterocycles. The number of nitrogens with zero attached hydrogens (tertiary/aromatic N) is 3. The van der Waals surface area contributed by atoms with Gasteiger partial charge in [0.25, 0.3) is 11.8 Å². The van der Waals surface area contributed by atoms with E-state index < -0.39 is 35.3 Å². The minimum Gasteiger partial charge on any atom is -0.385 e. The summed E-state index contributed by atoms with van der Waals surface area (Å²) in [6.07, 6.45) is 3.76. The zero-order chi connectivity index (χ0) is 25.4. The molecular weight excluding hydrogens is 440 g/mol. The third-order valence-corrected chi connectivity index (χ3v) is 7.16. The summed E-state index contributed by atoms with van der Waals surface area (Å²) in [5.74, 6) is -2.15. The molecule has 0 aromatic carbocycles. The molecule has 1 saturated carbocycles. The minimum atomic E-state index is -0.743. The normalized spacial score (nSPS) is 27.9. The molecule has 1 aliphatic carbocycles. The van der Waals surface area contributed by atoms with Crippen LogP contribution in [0.1, 0.15) is 66.2 Å². The first-order valence-corrected chi connectivity index (χ1v) is 11.9. The van der Waals surface area contributed by atoms with Crippen LogP contribution in [-0.4, -0.2) is 70.2 Å². The molecule has 0 unspecified atom stereocenters. The smallest absolute Gasteiger partial charge is 0.334 e. The molecule has 0 aromatic heterocycles. The molecule has 3 rings (SSSR count). The van der Waals surface area contributed by atoms with Gasteiger partial charge in [-0.2, -0.15) is 0 Å². The lowest BCUT2D eigenvalue weighted by atomic mass is 9.72. The van der Waals surface area contributed by atoms with E-state index in [4.69, 9.17) is 11.5 Å². The van der Waals surface area contributed by atoms with Gasteiger partial charge in [0.05, 0.1) is 5.41 Å². The van der Waals surface area contributed by atoms with E-state index in [1.54, 1.807) is 18.7 Å². The van der Waals surface area contributed by atoms with Crippen LogP contribution in [0.2, 0.25) is 0 Å². The first kappa shape index (κ1) is 25.5. The van der Waals surface area contributed by atoms with Gasteiger partial charge >= 0.3 is 12.1 Å². The SMILES string of the molecule is CCCCN1C(=O)C(=C(N)N)C(=O)N(C2CCC(C)(CN3CC(C)(C)C(=O)NC3=O)CC2)C1=O. The summed E-state index contributed by atoms with van der Waals surface area (Å²) in [5, 5.41) is 2.42. The summed E-state index contributed by atoms with van der Waals surface area (Å²) in [6, 6.07) is -1.42. The second kappa shape index (κ2) is 9.27. The Labute approximate surface area is 199 Å². The summed E-state index contributed by atoms with van der Waals surface area (Å²) in [4.78, 5) is 67.3. The summed E-state index contributed by atoms with van der Waals surface area (Å²) >= 11 is 0. The van der Waals surface area contributed by atoms with Gasteiger partial charge in [0.15, 0.2) is 0 Å². The summed E-state index contributed by atoms with van der Waals surface area (Å²) < 4.78 is 0. The Hall–Kier alpha value is -3.11. The van der Waals surface area contributed by atoms with E-state index >= 15 is 0 Å². The average Bonchev–Trinajstić information content (AvgIpc) is 2.73. The van der Waals surface area contributed by atoms with Gasteiger partial charge in [-0.15, -0.1) is 0 Å². The number of urea groups is 2. The van der Waals surface area contributed by atoms with E-state index in [2.05, 4.69) is 12.2 Å². The van der Waals surface area contributed by atoms with Crippen LogP contribution in [0.5, 0.6) is 0 Å². The van der Waals surface area contributed by atoms with Crippen LogP contribution in [0.3, 0.4) is 0 Å². The minimum absolute atomic E-state index is 0.192. The van der Waals surface area contributed by atoms with Gasteiger partial charge in [0.2, 0.25) is 5.91 Å². The lowest BCUT2D eigenvalue weighted by Gasteiger charge is -2.46. The third kappa shape index (κ3) is 4.74. The number of amides is 7. The molecule has 11 heteroatoms. The van der Waals surface area contributed by atoms with E-state index in [0.29, 0.717) is 45.2 Å². The highest BCUT2D eigenvalue weighted by atomic mass is 16.2. The first-order valence-electron chi connectivity index (χ1n) is 11.9. The van der Waals surface area contributed by atoms with Gasteiger partial charge in [-0.25, -0.2) is 9.59 Å². The molecule has 3 fully saturated rings. The molecular formula is C23H36N6O5. The second-order valence-corrected chi connectivity index (χ2v) is 10.6. The lowest BCUT2D eigenvalue weighted by molar-refractivity contribution is -0.138. The fourth-order valence-electron chi connectivity index (χ4n) is 5.00. The van der Waals surface area contributed by atoms with Crippen molar-refractivity contribution in [3.05, 3.63) is 11.4 Å². The Balaban J connectivity index is 1.74. The van der Waals surface area contributed by atoms with Crippen molar-refractivity contribution in [1.29, 1.82) is 0 Å². The van der Waals surface area contributed by atoms with Crippen LogP contribution < -0.4 is 16.8 Å². The van der Waals surface area contributed by atoms with Crippen LogP contribution in [0, 0.1) is 10.8 Å². The third-order valence-electron chi connectivity index (χ3n) is 7.16. The Morgan fingerprint density at radius 2 is 1.65 bits per heavy atom. The van der Waals surface area contributed by atoms with Crippen molar-refractivity contribution in [1.82, 2.24) is 20.0 Å². The first-order chi connectivity index (χ1) is 15.8. The number of unbranched alkanes of at least 4 members (excludes halogenated alkanes) is 1. The summed E-state index contributed by atoms with van der Waals surface area (Å²) in [6.45, 7) is 8.60. The number of hydrogen-bond donors (Lipinski definition) is 3. The van der Waals surface area contributed by atoms with Gasteiger partial charge in [0, 0.05) is 25.7 Å². The number of imide groups is 3. The topological polar surface area (TPSA) is 159 Å². The number of carbonyl (C=O) groups is 5. The van der Waals surface area contributed by atoms with Crippen molar-refractivity contribution in [3.63, 3.8) is 0 Å². The molecule has 0 spiro atoms. The maximum atomic E-state index is 13.2. The molecule has 5 N–H and O–H groups in total. The predicted octanol–water partition coefficient (Wildman–Crippen LogP) is 1.23. The van der Waals surface area contributed by atoms with E-state index in [9.17, 15) is 24.0 Å². The quantitative estimate of drug-likeness (QED) is 0.384. The van der Waals surface area contributed by atoms with Crippen LogP contribution in [0.25, 0.3) is 0 Å². The molecule has 0 bridgehead atoms. The van der Waals surface area contributed by atoms with Crippen LogP contribution in [0.15, 0.2) is 11.4 Å². The lowest BCUT2D eigenvalue weighted by Crippen LogP contribution is -2.62. The number of barbiturate groups is 1. The Kier molecular flexibility index (Phi) is 6.95. The van der Waals surface area contributed by atoms with Gasteiger partial charge in [-0.3, -0.25) is 29.5 Å². The number of rotatable bonds is 6. The molecule has 188 valence electrons. The van der Waals surface area contributed by atoms with Gasteiger partial charge in [0.1, 0.15) is 11.4 Å². The van der Waals surface area contributed by atoms with Crippen molar-refractivity contribution >= 4 is 29.8 Å². The predicted molar refractivity (Wildman–Crippen MR) is 124 cm³/mol. The highest BCUT2D eigenvalue weighted by Crippen LogP contribution is 2.40. The zero-order valence-electron chi connectivity index (χ0n) is 20.5. The summed E-state index contributed by atoms with van der Waals surface area (Å²) in [5.41, 5.74) is 10.0. The van der Waals surface area contributed by atoms with Crippen molar-refractivity contribution in [3.8, 4) is 0 Å². The maximum absolute atomic E-state index is 13.2. The molecule has 34 heavy (non-hydrogen) atoms. The zero-order valence-corrected chi connectivity index (χ0v) is 20.5. The van der Waals surface area contributed by atoms with Gasteiger partial charge < -0.3 is 16.4 Å². The van der Waals surface area contributed by atoms with Crippen LogP contribution in [0.4, 0.5) is 9.59 Å². The molecule has 7 amide bonds. The molecule has 11 nitrogen and oxygen atoms in total. The Morgan fingerprint density at radius 3 is 2.21 bits per heavy atom.